The summed E-state index contributed by atoms with van der Waals surface area (Å²) in [5, 5.41) is -0.115. The Morgan fingerprint density at radius 1 is 1.03 bits per heavy atom. The van der Waals surface area contributed by atoms with Gasteiger partial charge in [0.05, 0.1) is 32.7 Å². The number of nitrogens with two attached hydrogens (primary N) is 1. The third-order valence-corrected chi connectivity index (χ3v) is 7.34. The normalized spacial score (nSPS) is 13.9. The third-order valence-electron chi connectivity index (χ3n) is 6.76. The number of halogens is 4. The predicted octanol–water partition coefficient (Wildman–Crippen LogP) is 7.86. The van der Waals surface area contributed by atoms with Gasteiger partial charge in [0.25, 0.3) is 0 Å². The van der Waals surface area contributed by atoms with Crippen LogP contribution >= 0.6 is 23.2 Å². The molecule has 5 rings (SSSR count). The SMILES string of the molecule is Cc1cccc(-c2nc(C3CCCC3)n(-c3cccc(Cl)c3F)c2-c2ccc(F)c(Cl)c2)c1C(N)=O. The van der Waals surface area contributed by atoms with Gasteiger partial charge in [0.1, 0.15) is 11.6 Å². The molecule has 4 aromatic rings. The number of carbonyl (C=O) groups is 1. The Kier molecular flexibility index (Phi) is 6.58. The first-order valence-electron chi connectivity index (χ1n) is 11.7. The van der Waals surface area contributed by atoms with Gasteiger partial charge < -0.3 is 5.73 Å². The first-order chi connectivity index (χ1) is 17.3. The summed E-state index contributed by atoms with van der Waals surface area (Å²) in [6.07, 6.45) is 3.83. The van der Waals surface area contributed by atoms with Gasteiger partial charge in [-0.2, -0.15) is 0 Å². The van der Waals surface area contributed by atoms with Crippen LogP contribution in [0, 0.1) is 18.6 Å². The number of rotatable bonds is 5. The van der Waals surface area contributed by atoms with E-state index in [0.717, 1.165) is 25.7 Å². The minimum atomic E-state index is -0.601. The first kappa shape index (κ1) is 24.5. The zero-order chi connectivity index (χ0) is 25.6. The van der Waals surface area contributed by atoms with Gasteiger partial charge in [-0.05, 0) is 55.7 Å². The van der Waals surface area contributed by atoms with Crippen LogP contribution in [0.2, 0.25) is 10.0 Å². The fourth-order valence-electron chi connectivity index (χ4n) is 5.09. The van der Waals surface area contributed by atoms with E-state index in [1.807, 2.05) is 6.07 Å². The Morgan fingerprint density at radius 3 is 2.44 bits per heavy atom. The molecule has 1 fully saturated rings. The number of aromatic nitrogens is 2. The average molecular weight is 526 g/mol. The molecule has 1 amide bonds. The largest absolute Gasteiger partial charge is 0.366 e. The van der Waals surface area contributed by atoms with Crippen LogP contribution in [0.5, 0.6) is 0 Å². The smallest absolute Gasteiger partial charge is 0.249 e. The van der Waals surface area contributed by atoms with E-state index in [-0.39, 0.29) is 21.7 Å². The second-order valence-corrected chi connectivity index (χ2v) is 9.86. The first-order valence-corrected chi connectivity index (χ1v) is 12.5. The Balaban J connectivity index is 1.94. The quantitative estimate of drug-likeness (QED) is 0.288. The molecule has 8 heteroatoms. The lowest BCUT2D eigenvalue weighted by Crippen LogP contribution is -2.14. The molecule has 0 bridgehead atoms. The molecule has 0 saturated heterocycles. The van der Waals surface area contributed by atoms with Crippen molar-refractivity contribution in [1.29, 1.82) is 0 Å². The lowest BCUT2D eigenvalue weighted by molar-refractivity contribution is 0.100. The van der Waals surface area contributed by atoms with Crippen molar-refractivity contribution in [2.75, 3.05) is 0 Å². The average Bonchev–Trinajstić information content (AvgIpc) is 3.50. The van der Waals surface area contributed by atoms with Crippen molar-refractivity contribution in [3.63, 3.8) is 0 Å². The number of hydrogen-bond acceptors (Lipinski definition) is 2. The van der Waals surface area contributed by atoms with Gasteiger partial charge >= 0.3 is 0 Å². The fraction of sp³-hybridized carbons (Fsp3) is 0.214. The summed E-state index contributed by atoms with van der Waals surface area (Å²) in [7, 11) is 0. The Hall–Kier alpha value is -3.22. The van der Waals surface area contributed by atoms with E-state index in [1.54, 1.807) is 41.8 Å². The Labute approximate surface area is 217 Å². The van der Waals surface area contributed by atoms with Crippen LogP contribution < -0.4 is 5.73 Å². The molecule has 1 aliphatic carbocycles. The second kappa shape index (κ2) is 9.68. The van der Waals surface area contributed by atoms with Crippen LogP contribution in [0.1, 0.15) is 53.3 Å². The van der Waals surface area contributed by atoms with Crippen LogP contribution in [-0.4, -0.2) is 15.5 Å². The number of nitrogens with zero attached hydrogens (tertiary/aromatic N) is 2. The number of hydrogen-bond donors (Lipinski definition) is 1. The van der Waals surface area contributed by atoms with Gasteiger partial charge in [0.2, 0.25) is 5.91 Å². The minimum Gasteiger partial charge on any atom is -0.366 e. The van der Waals surface area contributed by atoms with E-state index >= 15 is 4.39 Å². The molecule has 0 spiro atoms. The topological polar surface area (TPSA) is 60.9 Å². The molecule has 0 atom stereocenters. The van der Waals surface area contributed by atoms with Crippen molar-refractivity contribution in [1.82, 2.24) is 9.55 Å². The molecule has 2 N–H and O–H groups in total. The number of amides is 1. The summed E-state index contributed by atoms with van der Waals surface area (Å²) in [6, 6.07) is 14.5. The zero-order valence-corrected chi connectivity index (χ0v) is 21.0. The van der Waals surface area contributed by atoms with Gasteiger partial charge in [-0.25, -0.2) is 13.8 Å². The van der Waals surface area contributed by atoms with E-state index in [1.165, 1.54) is 18.2 Å². The molecule has 0 aliphatic heterocycles. The molecule has 0 unspecified atom stereocenters. The van der Waals surface area contributed by atoms with Gasteiger partial charge in [0.15, 0.2) is 5.82 Å². The zero-order valence-electron chi connectivity index (χ0n) is 19.5. The number of primary amides is 1. The van der Waals surface area contributed by atoms with Gasteiger partial charge in [-0.1, -0.05) is 60.3 Å². The van der Waals surface area contributed by atoms with E-state index < -0.39 is 17.5 Å². The molecule has 1 heterocycles. The molecule has 1 aliphatic rings. The van der Waals surface area contributed by atoms with Crippen molar-refractivity contribution in [2.45, 2.75) is 38.5 Å². The summed E-state index contributed by atoms with van der Waals surface area (Å²) in [6.45, 7) is 1.80. The molecular formula is C28H23Cl2F2N3O. The molecule has 36 heavy (non-hydrogen) atoms. The predicted molar refractivity (Wildman–Crippen MR) is 139 cm³/mol. The molecular weight excluding hydrogens is 503 g/mol. The maximum atomic E-state index is 15.5. The van der Waals surface area contributed by atoms with E-state index in [2.05, 4.69) is 0 Å². The maximum Gasteiger partial charge on any atom is 0.249 e. The lowest BCUT2D eigenvalue weighted by Gasteiger charge is -2.18. The van der Waals surface area contributed by atoms with Crippen molar-refractivity contribution < 1.29 is 13.6 Å². The van der Waals surface area contributed by atoms with E-state index in [9.17, 15) is 9.18 Å². The van der Waals surface area contributed by atoms with Crippen LogP contribution in [0.4, 0.5) is 8.78 Å². The Bertz CT molecular complexity index is 1490. The monoisotopic (exact) mass is 525 g/mol. The Morgan fingerprint density at radius 2 is 1.75 bits per heavy atom. The molecule has 184 valence electrons. The highest BCUT2D eigenvalue weighted by Crippen LogP contribution is 2.44. The summed E-state index contributed by atoms with van der Waals surface area (Å²) in [5.41, 5.74) is 8.96. The second-order valence-electron chi connectivity index (χ2n) is 9.05. The number of carbonyl (C=O) groups excluding carboxylic acids is 1. The van der Waals surface area contributed by atoms with Crippen LogP contribution in [-0.2, 0) is 0 Å². The third kappa shape index (κ3) is 4.18. The van der Waals surface area contributed by atoms with Gasteiger partial charge in [-0.3, -0.25) is 9.36 Å². The van der Waals surface area contributed by atoms with Crippen molar-refractivity contribution in [3.8, 4) is 28.2 Å². The van der Waals surface area contributed by atoms with Crippen molar-refractivity contribution in [3.05, 3.63) is 93.2 Å². The highest BCUT2D eigenvalue weighted by molar-refractivity contribution is 6.31. The molecule has 3 aromatic carbocycles. The number of aryl methyl sites for hydroxylation is 1. The van der Waals surface area contributed by atoms with Gasteiger partial charge in [0, 0.05) is 17.0 Å². The number of benzene rings is 3. The molecule has 1 saturated carbocycles. The van der Waals surface area contributed by atoms with Crippen LogP contribution in [0.25, 0.3) is 28.2 Å². The highest BCUT2D eigenvalue weighted by Gasteiger charge is 2.31. The summed E-state index contributed by atoms with van der Waals surface area (Å²) >= 11 is 12.4. The summed E-state index contributed by atoms with van der Waals surface area (Å²) in [5.74, 6) is -1.07. The van der Waals surface area contributed by atoms with Crippen LogP contribution in [0.3, 0.4) is 0 Å². The molecule has 1 aromatic heterocycles. The minimum absolute atomic E-state index is 0.0309. The summed E-state index contributed by atoms with van der Waals surface area (Å²) < 4.78 is 31.4. The lowest BCUT2D eigenvalue weighted by atomic mass is 9.96. The van der Waals surface area contributed by atoms with Crippen LogP contribution in [0.15, 0.2) is 54.6 Å². The van der Waals surface area contributed by atoms with E-state index in [0.29, 0.717) is 39.5 Å². The standard InChI is InChI=1S/C28H23Cl2F2N3O/c1-15-6-4-9-18(23(15)27(33)36)25-26(17-12-13-21(31)20(30)14-17)35(22-11-5-10-19(29)24(22)32)28(34-25)16-7-2-3-8-16/h4-6,9-14,16H,2-3,7-8H2,1H3,(H2,33,36). The number of imidazole rings is 1. The maximum absolute atomic E-state index is 15.5. The molecule has 4 nitrogen and oxygen atoms in total. The highest BCUT2D eigenvalue weighted by atomic mass is 35.5. The van der Waals surface area contributed by atoms with Crippen molar-refractivity contribution >= 4 is 29.1 Å². The fourth-order valence-corrected chi connectivity index (χ4v) is 5.44. The molecule has 0 radical (unpaired) electrons. The van der Waals surface area contributed by atoms with Crippen molar-refractivity contribution in [2.24, 2.45) is 5.73 Å². The van der Waals surface area contributed by atoms with E-state index in [4.69, 9.17) is 33.9 Å². The summed E-state index contributed by atoms with van der Waals surface area (Å²) in [4.78, 5) is 17.5. The van der Waals surface area contributed by atoms with Gasteiger partial charge in [-0.15, -0.1) is 0 Å².